The molecule has 7 heteroatoms. The Kier molecular flexibility index (Phi) is 7.13. The maximum atomic E-state index is 13.0. The maximum Gasteiger partial charge on any atom is 0.322 e. The summed E-state index contributed by atoms with van der Waals surface area (Å²) >= 11 is 6.50. The number of hydrogen-bond donors (Lipinski definition) is 1. The van der Waals surface area contributed by atoms with E-state index < -0.39 is 0 Å². The van der Waals surface area contributed by atoms with E-state index in [0.29, 0.717) is 36.3 Å². The fraction of sp³-hybridized carbons (Fsp3) is 0.304. The quantitative estimate of drug-likeness (QED) is 0.527. The van der Waals surface area contributed by atoms with Crippen LogP contribution >= 0.6 is 11.6 Å². The number of methoxy groups -OCH3 is 2. The van der Waals surface area contributed by atoms with Gasteiger partial charge >= 0.3 is 6.03 Å². The van der Waals surface area contributed by atoms with Gasteiger partial charge in [0, 0.05) is 24.6 Å². The van der Waals surface area contributed by atoms with Gasteiger partial charge in [0.2, 0.25) is 0 Å². The van der Waals surface area contributed by atoms with Crippen LogP contribution in [0.15, 0.2) is 42.5 Å². The summed E-state index contributed by atoms with van der Waals surface area (Å²) in [5.74, 6) is 0.591. The molecule has 0 bridgehead atoms. The molecule has 30 heavy (non-hydrogen) atoms. The number of nitrogens with one attached hydrogen (secondary N) is 1. The molecule has 0 radical (unpaired) electrons. The van der Waals surface area contributed by atoms with E-state index >= 15 is 0 Å². The van der Waals surface area contributed by atoms with Crippen LogP contribution in [0.1, 0.15) is 16.7 Å². The first kappa shape index (κ1) is 21.9. The molecule has 3 rings (SSSR count). The molecule has 0 atom stereocenters. The van der Waals surface area contributed by atoms with E-state index in [1.165, 1.54) is 0 Å². The van der Waals surface area contributed by atoms with Crippen molar-refractivity contribution in [1.82, 2.24) is 9.88 Å². The lowest BCUT2D eigenvalue weighted by molar-refractivity contribution is 0.153. The molecule has 0 unspecified atom stereocenters. The van der Waals surface area contributed by atoms with Gasteiger partial charge in [-0.1, -0.05) is 35.9 Å². The van der Waals surface area contributed by atoms with E-state index in [4.69, 9.17) is 21.1 Å². The number of halogens is 1. The summed E-state index contributed by atoms with van der Waals surface area (Å²) in [6.45, 7) is 5.19. The van der Waals surface area contributed by atoms with E-state index in [0.717, 1.165) is 27.6 Å². The highest BCUT2D eigenvalue weighted by Crippen LogP contribution is 2.27. The Morgan fingerprint density at radius 1 is 1.17 bits per heavy atom. The average Bonchev–Trinajstić information content (AvgIpc) is 2.75. The average molecular weight is 428 g/mol. The highest BCUT2D eigenvalue weighted by atomic mass is 35.5. The Morgan fingerprint density at radius 3 is 2.67 bits per heavy atom. The van der Waals surface area contributed by atoms with Gasteiger partial charge in [-0.3, -0.25) is 0 Å². The first-order valence-corrected chi connectivity index (χ1v) is 10.1. The SMILES string of the molecule is COCCN(Cc1cc2ccc(C)c(C)c2nc1Cl)C(=O)Nc1ccccc1OC. The first-order chi connectivity index (χ1) is 14.4. The van der Waals surface area contributed by atoms with Crippen molar-refractivity contribution in [2.75, 3.05) is 32.7 Å². The number of ether oxygens (including phenoxy) is 2. The lowest BCUT2D eigenvalue weighted by atomic mass is 10.0. The van der Waals surface area contributed by atoms with Crippen molar-refractivity contribution in [1.29, 1.82) is 0 Å². The molecule has 0 aliphatic heterocycles. The van der Waals surface area contributed by atoms with E-state index in [2.05, 4.69) is 16.4 Å². The minimum atomic E-state index is -0.271. The number of nitrogens with zero attached hydrogens (tertiary/aromatic N) is 2. The number of aryl methyl sites for hydroxylation is 2. The van der Waals surface area contributed by atoms with Crippen LogP contribution in [0.5, 0.6) is 5.75 Å². The lowest BCUT2D eigenvalue weighted by Gasteiger charge is -2.24. The molecule has 158 valence electrons. The fourth-order valence-corrected chi connectivity index (χ4v) is 3.42. The first-order valence-electron chi connectivity index (χ1n) is 9.67. The largest absolute Gasteiger partial charge is 0.495 e. The molecule has 1 N–H and O–H groups in total. The highest BCUT2D eigenvalue weighted by Gasteiger charge is 2.18. The summed E-state index contributed by atoms with van der Waals surface area (Å²) in [6.07, 6.45) is 0. The van der Waals surface area contributed by atoms with E-state index in [1.54, 1.807) is 31.3 Å². The minimum absolute atomic E-state index is 0.271. The number of urea groups is 1. The summed E-state index contributed by atoms with van der Waals surface area (Å²) in [6, 6.07) is 13.1. The molecule has 1 heterocycles. The van der Waals surface area contributed by atoms with E-state index in [1.807, 2.05) is 38.1 Å². The summed E-state index contributed by atoms with van der Waals surface area (Å²) < 4.78 is 10.5. The van der Waals surface area contributed by atoms with Crippen molar-refractivity contribution in [3.63, 3.8) is 0 Å². The van der Waals surface area contributed by atoms with E-state index in [9.17, 15) is 4.79 Å². The Hall–Kier alpha value is -2.83. The number of rotatable bonds is 7. The third kappa shape index (κ3) is 4.83. The molecule has 2 aromatic carbocycles. The Labute approximate surface area is 181 Å². The molecule has 0 saturated heterocycles. The lowest BCUT2D eigenvalue weighted by Crippen LogP contribution is -2.37. The number of hydrogen-bond acceptors (Lipinski definition) is 4. The van der Waals surface area contributed by atoms with Crippen LogP contribution in [-0.4, -0.2) is 43.3 Å². The van der Waals surface area contributed by atoms with Crippen molar-refractivity contribution in [3.8, 4) is 5.75 Å². The van der Waals surface area contributed by atoms with Crippen LogP contribution in [0.2, 0.25) is 5.15 Å². The number of pyridine rings is 1. The van der Waals surface area contributed by atoms with Crippen LogP contribution in [-0.2, 0) is 11.3 Å². The normalized spacial score (nSPS) is 10.8. The summed E-state index contributed by atoms with van der Waals surface area (Å²) in [5, 5.41) is 4.29. The van der Waals surface area contributed by atoms with Crippen molar-refractivity contribution >= 4 is 34.2 Å². The maximum absolute atomic E-state index is 13.0. The second-order valence-electron chi connectivity index (χ2n) is 7.06. The second-order valence-corrected chi connectivity index (χ2v) is 7.42. The second kappa shape index (κ2) is 9.78. The fourth-order valence-electron chi connectivity index (χ4n) is 3.22. The van der Waals surface area contributed by atoms with Crippen molar-refractivity contribution in [2.24, 2.45) is 0 Å². The van der Waals surface area contributed by atoms with Gasteiger partial charge in [0.1, 0.15) is 10.9 Å². The number of anilines is 1. The number of fused-ring (bicyclic) bond motifs is 1. The number of benzene rings is 2. The van der Waals surface area contributed by atoms with Gasteiger partial charge in [0.25, 0.3) is 0 Å². The van der Waals surface area contributed by atoms with Gasteiger partial charge in [-0.2, -0.15) is 0 Å². The monoisotopic (exact) mass is 427 g/mol. The predicted molar refractivity (Wildman–Crippen MR) is 121 cm³/mol. The zero-order chi connectivity index (χ0) is 21.7. The van der Waals surface area contributed by atoms with Crippen LogP contribution < -0.4 is 10.1 Å². The van der Waals surface area contributed by atoms with Crippen LogP contribution in [0.3, 0.4) is 0 Å². The molecular weight excluding hydrogens is 402 g/mol. The predicted octanol–water partition coefficient (Wildman–Crippen LogP) is 5.19. The standard InChI is InChI=1S/C23H26ClN3O3/c1-15-9-10-17-13-18(22(24)26-21(17)16(15)2)14-27(11-12-29-3)23(28)25-19-7-5-6-8-20(19)30-4/h5-10,13H,11-12,14H2,1-4H3,(H,25,28). The van der Waals surface area contributed by atoms with Crippen molar-refractivity contribution in [2.45, 2.75) is 20.4 Å². The number of carbonyl (C=O) groups excluding carboxylic acids is 1. The number of aromatic nitrogens is 1. The van der Waals surface area contributed by atoms with Gasteiger partial charge in [-0.25, -0.2) is 9.78 Å². The van der Waals surface area contributed by atoms with Gasteiger partial charge in [-0.05, 0) is 43.2 Å². The number of carbonyl (C=O) groups is 1. The molecule has 0 aliphatic carbocycles. The van der Waals surface area contributed by atoms with Gasteiger partial charge in [0.05, 0.1) is 31.5 Å². The molecule has 0 aliphatic rings. The third-order valence-corrected chi connectivity index (χ3v) is 5.43. The zero-order valence-corrected chi connectivity index (χ0v) is 18.4. The summed E-state index contributed by atoms with van der Waals surface area (Å²) in [5.41, 5.74) is 4.52. The molecule has 0 fully saturated rings. The molecular formula is C23H26ClN3O3. The van der Waals surface area contributed by atoms with Gasteiger partial charge < -0.3 is 19.7 Å². The van der Waals surface area contributed by atoms with Gasteiger partial charge in [-0.15, -0.1) is 0 Å². The third-order valence-electron chi connectivity index (χ3n) is 5.10. The van der Waals surface area contributed by atoms with Crippen molar-refractivity contribution < 1.29 is 14.3 Å². The molecule has 2 amide bonds. The Balaban J connectivity index is 1.88. The Bertz CT molecular complexity index is 1060. The molecule has 0 saturated carbocycles. The zero-order valence-electron chi connectivity index (χ0n) is 17.7. The smallest absolute Gasteiger partial charge is 0.322 e. The number of para-hydroxylation sites is 2. The van der Waals surface area contributed by atoms with E-state index in [-0.39, 0.29) is 6.03 Å². The Morgan fingerprint density at radius 2 is 1.93 bits per heavy atom. The summed E-state index contributed by atoms with van der Waals surface area (Å²) in [4.78, 5) is 19.2. The molecule has 3 aromatic rings. The van der Waals surface area contributed by atoms with Crippen LogP contribution in [0.25, 0.3) is 10.9 Å². The van der Waals surface area contributed by atoms with Gasteiger partial charge in [0.15, 0.2) is 0 Å². The molecule has 1 aromatic heterocycles. The van der Waals surface area contributed by atoms with Crippen LogP contribution in [0.4, 0.5) is 10.5 Å². The van der Waals surface area contributed by atoms with Crippen LogP contribution in [0, 0.1) is 13.8 Å². The highest BCUT2D eigenvalue weighted by molar-refractivity contribution is 6.30. The van der Waals surface area contributed by atoms with Crippen molar-refractivity contribution in [3.05, 3.63) is 64.3 Å². The topological polar surface area (TPSA) is 63.7 Å². The minimum Gasteiger partial charge on any atom is -0.495 e. The number of amides is 2. The molecule has 0 spiro atoms. The summed E-state index contributed by atoms with van der Waals surface area (Å²) in [7, 11) is 3.17. The molecule has 6 nitrogen and oxygen atoms in total.